The highest BCUT2D eigenvalue weighted by atomic mass is 19.1. The molecule has 7 heteroatoms. The van der Waals surface area contributed by atoms with Crippen molar-refractivity contribution in [2.45, 2.75) is 47.2 Å². The topological polar surface area (TPSA) is 79.5 Å². The summed E-state index contributed by atoms with van der Waals surface area (Å²) in [6.07, 6.45) is 0. The van der Waals surface area contributed by atoms with Crippen LogP contribution in [0.1, 0.15) is 67.4 Å². The van der Waals surface area contributed by atoms with Crippen LogP contribution in [0.25, 0.3) is 0 Å². The van der Waals surface area contributed by atoms with Gasteiger partial charge in [0.1, 0.15) is 11.5 Å². The number of benzene rings is 2. The largest absolute Gasteiger partial charge is 0.461 e. The third-order valence-corrected chi connectivity index (χ3v) is 5.84. The number of H-pyrrole nitrogens is 1. The van der Waals surface area contributed by atoms with Crippen molar-refractivity contribution >= 4 is 17.7 Å². The Labute approximate surface area is 198 Å². The number of amides is 1. The van der Waals surface area contributed by atoms with E-state index in [1.165, 1.54) is 17.0 Å². The fraction of sp³-hybridized carbons (Fsp3) is 0.296. The molecule has 3 aromatic rings. The Balaban J connectivity index is 1.99. The molecule has 0 saturated heterocycles. The summed E-state index contributed by atoms with van der Waals surface area (Å²) in [6, 6.07) is 12.1. The summed E-state index contributed by atoms with van der Waals surface area (Å²) in [5.41, 5.74) is 3.74. The average Bonchev–Trinajstić information content (AvgIpc) is 3.11. The van der Waals surface area contributed by atoms with E-state index in [1.54, 1.807) is 52.0 Å². The van der Waals surface area contributed by atoms with Gasteiger partial charge < -0.3 is 14.6 Å². The van der Waals surface area contributed by atoms with Crippen LogP contribution in [0, 0.1) is 26.6 Å². The number of ketones is 1. The van der Waals surface area contributed by atoms with Crippen LogP contribution < -0.4 is 0 Å². The molecule has 0 aliphatic carbocycles. The van der Waals surface area contributed by atoms with E-state index in [9.17, 15) is 18.8 Å². The molecule has 1 atom stereocenters. The predicted octanol–water partition coefficient (Wildman–Crippen LogP) is 5.17. The Bertz CT molecular complexity index is 1200. The zero-order chi connectivity index (χ0) is 25.0. The SMILES string of the molecule is CCOC(=O)c1[nH]c(C)c(C(=O)C(C)N(Cc2ccc(F)cc2)C(=O)c2ccc(C)cc2)c1C. The molecular formula is C27H29FN2O4. The number of aryl methyl sites for hydroxylation is 2. The van der Waals surface area contributed by atoms with Crippen LogP contribution >= 0.6 is 0 Å². The van der Waals surface area contributed by atoms with E-state index >= 15 is 0 Å². The number of aromatic nitrogens is 1. The van der Waals surface area contributed by atoms with Crippen molar-refractivity contribution < 1.29 is 23.5 Å². The lowest BCUT2D eigenvalue weighted by Crippen LogP contribution is -2.43. The first-order valence-corrected chi connectivity index (χ1v) is 11.2. The van der Waals surface area contributed by atoms with Gasteiger partial charge in [0.2, 0.25) is 0 Å². The monoisotopic (exact) mass is 464 g/mol. The molecule has 1 unspecified atom stereocenters. The zero-order valence-corrected chi connectivity index (χ0v) is 20.1. The molecule has 2 aromatic carbocycles. The summed E-state index contributed by atoms with van der Waals surface area (Å²) in [5.74, 6) is -1.53. The van der Waals surface area contributed by atoms with Crippen LogP contribution in [-0.4, -0.2) is 40.2 Å². The Hall–Kier alpha value is -3.74. The summed E-state index contributed by atoms with van der Waals surface area (Å²) in [5, 5.41) is 0. The molecule has 0 aliphatic heterocycles. The molecule has 0 saturated carbocycles. The maximum atomic E-state index is 13.6. The van der Waals surface area contributed by atoms with Gasteiger partial charge in [-0.1, -0.05) is 29.8 Å². The van der Waals surface area contributed by atoms with E-state index < -0.39 is 12.0 Å². The maximum Gasteiger partial charge on any atom is 0.355 e. The van der Waals surface area contributed by atoms with Gasteiger partial charge in [-0.15, -0.1) is 0 Å². The minimum atomic E-state index is -0.845. The molecular weight excluding hydrogens is 435 g/mol. The van der Waals surface area contributed by atoms with Crippen LogP contribution in [0.4, 0.5) is 4.39 Å². The first-order valence-electron chi connectivity index (χ1n) is 11.2. The van der Waals surface area contributed by atoms with Crippen molar-refractivity contribution in [1.29, 1.82) is 0 Å². The summed E-state index contributed by atoms with van der Waals surface area (Å²) in [6.45, 7) is 9.02. The predicted molar refractivity (Wildman–Crippen MR) is 127 cm³/mol. The van der Waals surface area contributed by atoms with Gasteiger partial charge in [-0.2, -0.15) is 0 Å². The quantitative estimate of drug-likeness (QED) is 0.368. The minimum Gasteiger partial charge on any atom is -0.461 e. The Morgan fingerprint density at radius 2 is 1.62 bits per heavy atom. The number of Topliss-reactive ketones (excluding diaryl/α,β-unsaturated/α-hetero) is 1. The van der Waals surface area contributed by atoms with Crippen LogP contribution in [0.15, 0.2) is 48.5 Å². The normalized spacial score (nSPS) is 11.7. The molecule has 1 N–H and O–H groups in total. The molecule has 1 amide bonds. The standard InChI is InChI=1S/C27H29FN2O4/c1-6-34-27(33)24-17(3)23(18(4)29-24)25(31)19(5)30(15-20-9-13-22(28)14-10-20)26(32)21-11-7-16(2)8-12-21/h7-14,19,29H,6,15H2,1-5H3. The smallest absolute Gasteiger partial charge is 0.355 e. The second-order valence-corrected chi connectivity index (χ2v) is 8.31. The Morgan fingerprint density at radius 3 is 2.21 bits per heavy atom. The van der Waals surface area contributed by atoms with Gasteiger partial charge in [0.25, 0.3) is 5.91 Å². The van der Waals surface area contributed by atoms with Gasteiger partial charge in [0.05, 0.1) is 12.6 Å². The van der Waals surface area contributed by atoms with Crippen molar-refractivity contribution in [1.82, 2.24) is 9.88 Å². The number of aromatic amines is 1. The van der Waals surface area contributed by atoms with Crippen molar-refractivity contribution in [3.8, 4) is 0 Å². The Kier molecular flexibility index (Phi) is 7.66. The molecule has 0 fully saturated rings. The average molecular weight is 465 g/mol. The van der Waals surface area contributed by atoms with Crippen molar-refractivity contribution in [3.05, 3.63) is 93.6 Å². The lowest BCUT2D eigenvalue weighted by molar-refractivity contribution is 0.0518. The second-order valence-electron chi connectivity index (χ2n) is 8.31. The number of rotatable bonds is 8. The molecule has 1 aromatic heterocycles. The summed E-state index contributed by atoms with van der Waals surface area (Å²) < 4.78 is 18.5. The van der Waals surface area contributed by atoms with E-state index in [0.717, 1.165) is 5.56 Å². The molecule has 178 valence electrons. The zero-order valence-electron chi connectivity index (χ0n) is 20.1. The number of carbonyl (C=O) groups is 3. The van der Waals surface area contributed by atoms with Crippen molar-refractivity contribution in [2.75, 3.05) is 6.61 Å². The highest BCUT2D eigenvalue weighted by molar-refractivity contribution is 6.07. The number of hydrogen-bond donors (Lipinski definition) is 1. The molecule has 0 spiro atoms. The van der Waals surface area contributed by atoms with Gasteiger partial charge >= 0.3 is 5.97 Å². The molecule has 0 aliphatic rings. The van der Waals surface area contributed by atoms with Gasteiger partial charge in [-0.25, -0.2) is 9.18 Å². The summed E-state index contributed by atoms with van der Waals surface area (Å²) >= 11 is 0. The number of halogens is 1. The summed E-state index contributed by atoms with van der Waals surface area (Å²) in [7, 11) is 0. The van der Waals surface area contributed by atoms with Gasteiger partial charge in [-0.3, -0.25) is 9.59 Å². The third-order valence-electron chi connectivity index (χ3n) is 5.84. The number of nitrogens with one attached hydrogen (secondary N) is 1. The highest BCUT2D eigenvalue weighted by Gasteiger charge is 2.32. The number of carbonyl (C=O) groups excluding carboxylic acids is 3. The first-order chi connectivity index (χ1) is 16.1. The van der Waals surface area contributed by atoms with Crippen molar-refractivity contribution in [2.24, 2.45) is 0 Å². The molecule has 6 nitrogen and oxygen atoms in total. The van der Waals surface area contributed by atoms with Crippen LogP contribution in [-0.2, 0) is 11.3 Å². The van der Waals surface area contributed by atoms with Gasteiger partial charge in [0.15, 0.2) is 5.78 Å². The van der Waals surface area contributed by atoms with Gasteiger partial charge in [0, 0.05) is 23.4 Å². The highest BCUT2D eigenvalue weighted by Crippen LogP contribution is 2.24. The number of nitrogens with zero attached hydrogens (tertiary/aromatic N) is 1. The van der Waals surface area contributed by atoms with Crippen molar-refractivity contribution in [3.63, 3.8) is 0 Å². The lowest BCUT2D eigenvalue weighted by atomic mass is 9.98. The van der Waals surface area contributed by atoms with E-state index in [0.29, 0.717) is 27.9 Å². The lowest BCUT2D eigenvalue weighted by Gasteiger charge is -2.29. The molecule has 1 heterocycles. The van der Waals surface area contributed by atoms with E-state index in [4.69, 9.17) is 4.74 Å². The van der Waals surface area contributed by atoms with E-state index in [2.05, 4.69) is 4.98 Å². The van der Waals surface area contributed by atoms with Gasteiger partial charge in [-0.05, 0) is 70.0 Å². The molecule has 3 rings (SSSR count). The minimum absolute atomic E-state index is 0.118. The molecule has 34 heavy (non-hydrogen) atoms. The van der Waals surface area contributed by atoms with E-state index in [-0.39, 0.29) is 36.4 Å². The Morgan fingerprint density at radius 1 is 1.00 bits per heavy atom. The number of esters is 1. The van der Waals surface area contributed by atoms with Crippen LogP contribution in [0.5, 0.6) is 0 Å². The fourth-order valence-corrected chi connectivity index (χ4v) is 3.91. The third kappa shape index (κ3) is 5.25. The summed E-state index contributed by atoms with van der Waals surface area (Å²) in [4.78, 5) is 43.8. The maximum absolute atomic E-state index is 13.6. The second kappa shape index (κ2) is 10.5. The fourth-order valence-electron chi connectivity index (χ4n) is 3.91. The number of ether oxygens (including phenoxy) is 1. The molecule has 0 radical (unpaired) electrons. The van der Waals surface area contributed by atoms with E-state index in [1.807, 2.05) is 19.1 Å². The van der Waals surface area contributed by atoms with Crippen LogP contribution in [0.2, 0.25) is 0 Å². The van der Waals surface area contributed by atoms with Crippen LogP contribution in [0.3, 0.4) is 0 Å². The molecule has 0 bridgehead atoms. The number of hydrogen-bond acceptors (Lipinski definition) is 4. The first kappa shape index (κ1) is 24.9.